The van der Waals surface area contributed by atoms with Gasteiger partial charge in [0.1, 0.15) is 23.0 Å². The molecule has 276 valence electrons. The second-order valence-corrected chi connectivity index (χ2v) is 13.5. The molecule has 0 aromatic heterocycles. The number of rotatable bonds is 16. The molecule has 8 nitrogen and oxygen atoms in total. The Morgan fingerprint density at radius 3 is 1.10 bits per heavy atom. The van der Waals surface area contributed by atoms with Crippen molar-refractivity contribution in [2.45, 2.75) is 90.9 Å². The first-order chi connectivity index (χ1) is 25.4. The van der Waals surface area contributed by atoms with Gasteiger partial charge in [-0.15, -0.1) is 0 Å². The molecule has 0 radical (unpaired) electrons. The number of hydrogen-bond acceptors (Lipinski definition) is 8. The van der Waals surface area contributed by atoms with E-state index in [1.807, 2.05) is 72.8 Å². The minimum Gasteiger partial charge on any atom is -0.507 e. The molecular formula is C44H52O8. The first kappa shape index (κ1) is 38.3. The van der Waals surface area contributed by atoms with Crippen LogP contribution < -0.4 is 9.47 Å². The highest BCUT2D eigenvalue weighted by atomic mass is 16.6. The quantitative estimate of drug-likeness (QED) is 0.0773. The zero-order chi connectivity index (χ0) is 36.7. The van der Waals surface area contributed by atoms with Crippen molar-refractivity contribution < 1.29 is 38.7 Å². The summed E-state index contributed by atoms with van der Waals surface area (Å²) in [6.07, 6.45) is 9.43. The smallest absolute Gasteiger partial charge is 0.344 e. The van der Waals surface area contributed by atoms with Crippen LogP contribution >= 0.6 is 0 Å². The maximum Gasteiger partial charge on any atom is 0.344 e. The first-order valence-corrected chi connectivity index (χ1v) is 18.8. The Morgan fingerprint density at radius 2 is 0.788 bits per heavy atom. The zero-order valence-electron chi connectivity index (χ0n) is 30.6. The van der Waals surface area contributed by atoms with Gasteiger partial charge in [0.25, 0.3) is 0 Å². The molecule has 0 amide bonds. The molecule has 52 heavy (non-hydrogen) atoms. The van der Waals surface area contributed by atoms with Gasteiger partial charge in [-0.2, -0.15) is 0 Å². The molecule has 1 aliphatic carbocycles. The van der Waals surface area contributed by atoms with E-state index in [1.54, 1.807) is 0 Å². The van der Waals surface area contributed by atoms with Crippen LogP contribution in [0.3, 0.4) is 0 Å². The van der Waals surface area contributed by atoms with Crippen molar-refractivity contribution in [1.29, 1.82) is 0 Å². The van der Waals surface area contributed by atoms with Crippen molar-refractivity contribution in [3.8, 4) is 23.0 Å². The van der Waals surface area contributed by atoms with E-state index < -0.39 is 11.9 Å². The Kier molecular flexibility index (Phi) is 14.4. The molecule has 0 atom stereocenters. The highest BCUT2D eigenvalue weighted by Gasteiger charge is 2.21. The SMILES string of the molecule is CCCCCCOC(=O)COc1c2cccc1Cc1cccc(c1O)Cc1cccc(c1OCC(=O)OCCCCCC)Cc1cccc(c1O)C2. The Morgan fingerprint density at radius 1 is 0.481 bits per heavy atom. The molecule has 0 heterocycles. The number of fused-ring (bicyclic) bond motifs is 8. The van der Waals surface area contributed by atoms with Crippen LogP contribution in [0.2, 0.25) is 0 Å². The number of unbranched alkanes of at least 4 members (excludes halogenated alkanes) is 6. The Labute approximate surface area is 307 Å². The van der Waals surface area contributed by atoms with E-state index in [0.717, 1.165) is 73.6 Å². The summed E-state index contributed by atoms with van der Waals surface area (Å²) in [5.41, 5.74) is 5.96. The van der Waals surface area contributed by atoms with Gasteiger partial charge in [-0.25, -0.2) is 9.59 Å². The molecule has 8 bridgehead atoms. The lowest BCUT2D eigenvalue weighted by Crippen LogP contribution is -2.17. The van der Waals surface area contributed by atoms with Crippen molar-refractivity contribution in [2.24, 2.45) is 0 Å². The number of phenols is 2. The molecule has 1 aliphatic rings. The predicted molar refractivity (Wildman–Crippen MR) is 202 cm³/mol. The summed E-state index contributed by atoms with van der Waals surface area (Å²) in [5.74, 6) is 0.504. The molecule has 0 saturated heterocycles. The highest BCUT2D eigenvalue weighted by molar-refractivity contribution is 5.72. The zero-order valence-corrected chi connectivity index (χ0v) is 30.6. The standard InChI is InChI=1S/C44H52O8/c1-3-5-7-9-23-49-39(45)29-51-43-35-19-13-20-36(43)26-32-16-12-18-34(42(32)48)28-38-22-14-21-37(27-33-17-11-15-31(25-35)41(33)47)44(38)52-30-40(46)50-24-10-8-6-4-2/h11-22,47-48H,3-10,23-30H2,1-2H3. The highest BCUT2D eigenvalue weighted by Crippen LogP contribution is 2.38. The number of para-hydroxylation sites is 4. The summed E-state index contributed by atoms with van der Waals surface area (Å²) in [6.45, 7) is 4.49. The molecule has 0 aliphatic heterocycles. The maximum absolute atomic E-state index is 12.7. The Balaban J connectivity index is 1.47. The van der Waals surface area contributed by atoms with E-state index in [9.17, 15) is 19.8 Å². The number of benzene rings is 4. The van der Waals surface area contributed by atoms with Gasteiger partial charge in [-0.1, -0.05) is 125 Å². The van der Waals surface area contributed by atoms with Crippen LogP contribution in [0.25, 0.3) is 0 Å². The van der Waals surface area contributed by atoms with Crippen molar-refractivity contribution in [3.05, 3.63) is 117 Å². The van der Waals surface area contributed by atoms with Crippen LogP contribution in [0.15, 0.2) is 72.8 Å². The number of carbonyl (C=O) groups excluding carboxylic acids is 2. The molecule has 4 aromatic carbocycles. The summed E-state index contributed by atoms with van der Waals surface area (Å²) in [6, 6.07) is 22.9. The number of aromatic hydroxyl groups is 2. The monoisotopic (exact) mass is 708 g/mol. The van der Waals surface area contributed by atoms with Crippen LogP contribution in [-0.4, -0.2) is 48.6 Å². The van der Waals surface area contributed by atoms with E-state index in [2.05, 4.69) is 13.8 Å². The van der Waals surface area contributed by atoms with Crippen LogP contribution in [0, 0.1) is 0 Å². The van der Waals surface area contributed by atoms with Crippen molar-refractivity contribution in [1.82, 2.24) is 0 Å². The van der Waals surface area contributed by atoms with E-state index >= 15 is 0 Å². The van der Waals surface area contributed by atoms with Gasteiger partial charge in [0.15, 0.2) is 13.2 Å². The number of ether oxygens (including phenoxy) is 4. The lowest BCUT2D eigenvalue weighted by atomic mass is 9.91. The van der Waals surface area contributed by atoms with Gasteiger partial charge in [0, 0.05) is 25.7 Å². The van der Waals surface area contributed by atoms with Gasteiger partial charge in [-0.3, -0.25) is 0 Å². The third-order valence-corrected chi connectivity index (χ3v) is 9.48. The number of phenolic OH excluding ortho intramolecular Hbond substituents is 2. The van der Waals surface area contributed by atoms with Gasteiger partial charge in [-0.05, 0) is 57.3 Å². The molecule has 8 heteroatoms. The lowest BCUT2D eigenvalue weighted by Gasteiger charge is -2.20. The van der Waals surface area contributed by atoms with Gasteiger partial charge in [0.2, 0.25) is 0 Å². The van der Waals surface area contributed by atoms with E-state index in [4.69, 9.17) is 18.9 Å². The van der Waals surface area contributed by atoms with Crippen LogP contribution in [-0.2, 0) is 44.7 Å². The average Bonchev–Trinajstić information content (AvgIpc) is 3.13. The van der Waals surface area contributed by atoms with E-state index in [1.165, 1.54) is 0 Å². The topological polar surface area (TPSA) is 112 Å². The van der Waals surface area contributed by atoms with Crippen molar-refractivity contribution in [3.63, 3.8) is 0 Å². The fraction of sp³-hybridized carbons (Fsp3) is 0.409. The van der Waals surface area contributed by atoms with Crippen molar-refractivity contribution in [2.75, 3.05) is 26.4 Å². The second kappa shape index (κ2) is 19.6. The van der Waals surface area contributed by atoms with Gasteiger partial charge >= 0.3 is 11.9 Å². The number of carbonyl (C=O) groups is 2. The van der Waals surface area contributed by atoms with Crippen LogP contribution in [0.5, 0.6) is 23.0 Å². The fourth-order valence-electron chi connectivity index (χ4n) is 6.66. The average molecular weight is 709 g/mol. The fourth-order valence-corrected chi connectivity index (χ4v) is 6.66. The second-order valence-electron chi connectivity index (χ2n) is 13.5. The molecule has 5 rings (SSSR count). The normalized spacial score (nSPS) is 12.2. The Bertz CT molecular complexity index is 1580. The van der Waals surface area contributed by atoms with Gasteiger partial charge < -0.3 is 29.2 Å². The predicted octanol–water partition coefficient (Wildman–Crippen LogP) is 8.78. The van der Waals surface area contributed by atoms with Crippen LogP contribution in [0.1, 0.15) is 110 Å². The summed E-state index contributed by atoms with van der Waals surface area (Å²) >= 11 is 0. The largest absolute Gasteiger partial charge is 0.507 e. The molecule has 0 spiro atoms. The maximum atomic E-state index is 12.7. The van der Waals surface area contributed by atoms with Crippen LogP contribution in [0.4, 0.5) is 0 Å². The third kappa shape index (κ3) is 10.5. The van der Waals surface area contributed by atoms with E-state index in [-0.39, 0.29) is 24.7 Å². The molecular weight excluding hydrogens is 656 g/mol. The minimum atomic E-state index is -0.437. The molecule has 0 unspecified atom stereocenters. The number of hydrogen-bond donors (Lipinski definition) is 2. The molecule has 2 N–H and O–H groups in total. The Hall–Kier alpha value is -4.98. The summed E-state index contributed by atoms with van der Waals surface area (Å²) in [7, 11) is 0. The summed E-state index contributed by atoms with van der Waals surface area (Å²) < 4.78 is 23.4. The first-order valence-electron chi connectivity index (χ1n) is 18.8. The van der Waals surface area contributed by atoms with Gasteiger partial charge in [0.05, 0.1) is 13.2 Å². The number of esters is 2. The van der Waals surface area contributed by atoms with Crippen molar-refractivity contribution >= 4 is 11.9 Å². The summed E-state index contributed by atoms with van der Waals surface area (Å²) in [5, 5.41) is 23.3. The lowest BCUT2D eigenvalue weighted by molar-refractivity contribution is -0.147. The molecule has 0 fully saturated rings. The third-order valence-electron chi connectivity index (χ3n) is 9.48. The summed E-state index contributed by atoms with van der Waals surface area (Å²) in [4.78, 5) is 25.4. The minimum absolute atomic E-state index is 0.156. The molecule has 0 saturated carbocycles. The van der Waals surface area contributed by atoms with E-state index in [0.29, 0.717) is 72.6 Å². The molecule has 4 aromatic rings.